The zero-order valence-corrected chi connectivity index (χ0v) is 12.3. The third-order valence-corrected chi connectivity index (χ3v) is 5.19. The predicted molar refractivity (Wildman–Crippen MR) is 76.2 cm³/mol. The number of carboxylic acids is 1. The normalized spacial score (nSPS) is 16.2. The second-order valence-corrected chi connectivity index (χ2v) is 6.78. The first kappa shape index (κ1) is 15.1. The first-order chi connectivity index (χ1) is 9.41. The van der Waals surface area contributed by atoms with Crippen molar-refractivity contribution >= 4 is 33.5 Å². The molecule has 0 radical (unpaired) electrons. The molecule has 110 valence electrons. The summed E-state index contributed by atoms with van der Waals surface area (Å²) in [7, 11) is -3.84. The largest absolute Gasteiger partial charge is 0.480 e. The van der Waals surface area contributed by atoms with Gasteiger partial charge in [0.2, 0.25) is 0 Å². The van der Waals surface area contributed by atoms with Crippen molar-refractivity contribution in [3.8, 4) is 0 Å². The average Bonchev–Trinajstić information content (AvgIpc) is 2.90. The van der Waals surface area contributed by atoms with Gasteiger partial charge in [0, 0.05) is 18.1 Å². The van der Waals surface area contributed by atoms with Gasteiger partial charge in [-0.2, -0.15) is 12.7 Å². The average molecular weight is 319 g/mol. The molecule has 0 spiro atoms. The Morgan fingerprint density at radius 3 is 2.55 bits per heavy atom. The third kappa shape index (κ3) is 3.23. The fraction of sp³-hybridized carbons (Fsp3) is 0.417. The van der Waals surface area contributed by atoms with Crippen LogP contribution in [0.5, 0.6) is 0 Å². The van der Waals surface area contributed by atoms with E-state index < -0.39 is 22.7 Å². The number of carboxylic acid groups (broad SMARTS) is 1. The van der Waals surface area contributed by atoms with E-state index in [4.69, 9.17) is 16.7 Å². The minimum absolute atomic E-state index is 0.256. The highest BCUT2D eigenvalue weighted by molar-refractivity contribution is 7.90. The number of halogens is 1. The minimum atomic E-state index is -3.84. The molecule has 0 aliphatic carbocycles. The maximum Gasteiger partial charge on any atom is 0.324 e. The number of rotatable bonds is 5. The van der Waals surface area contributed by atoms with Crippen molar-refractivity contribution in [2.24, 2.45) is 0 Å². The Morgan fingerprint density at radius 2 is 2.00 bits per heavy atom. The van der Waals surface area contributed by atoms with Crippen molar-refractivity contribution in [2.45, 2.75) is 12.8 Å². The lowest BCUT2D eigenvalue weighted by Crippen LogP contribution is -2.45. The molecule has 1 heterocycles. The van der Waals surface area contributed by atoms with Gasteiger partial charge in [-0.15, -0.1) is 0 Å². The molecule has 2 rings (SSSR count). The van der Waals surface area contributed by atoms with Crippen LogP contribution in [0, 0.1) is 0 Å². The van der Waals surface area contributed by atoms with Crippen LogP contribution in [0.15, 0.2) is 24.3 Å². The summed E-state index contributed by atoms with van der Waals surface area (Å²) in [6.07, 6.45) is 1.57. The van der Waals surface area contributed by atoms with Gasteiger partial charge < -0.3 is 5.11 Å². The SMILES string of the molecule is O=C(O)CN(c1cccc(Cl)c1)S(=O)(=O)N1CCCC1. The van der Waals surface area contributed by atoms with Crippen molar-refractivity contribution in [1.82, 2.24) is 4.31 Å². The van der Waals surface area contributed by atoms with Crippen LogP contribution < -0.4 is 4.31 Å². The number of hydrogen-bond donors (Lipinski definition) is 1. The molecule has 0 aromatic heterocycles. The van der Waals surface area contributed by atoms with Crippen molar-refractivity contribution in [1.29, 1.82) is 0 Å². The molecule has 0 amide bonds. The number of nitrogens with zero attached hydrogens (tertiary/aromatic N) is 2. The molecule has 0 unspecified atom stereocenters. The van der Waals surface area contributed by atoms with E-state index in [9.17, 15) is 13.2 Å². The van der Waals surface area contributed by atoms with Crippen LogP contribution in [-0.2, 0) is 15.0 Å². The fourth-order valence-corrected chi connectivity index (χ4v) is 3.95. The quantitative estimate of drug-likeness (QED) is 0.894. The summed E-state index contributed by atoms with van der Waals surface area (Å²) < 4.78 is 27.2. The third-order valence-electron chi connectivity index (χ3n) is 3.04. The lowest BCUT2D eigenvalue weighted by Gasteiger charge is -2.27. The summed E-state index contributed by atoms with van der Waals surface area (Å²) in [5, 5.41) is 9.32. The predicted octanol–water partition coefficient (Wildman–Crippen LogP) is 1.57. The van der Waals surface area contributed by atoms with Crippen LogP contribution >= 0.6 is 11.6 Å². The van der Waals surface area contributed by atoms with Crippen LogP contribution in [0.4, 0.5) is 5.69 Å². The van der Waals surface area contributed by atoms with Gasteiger partial charge in [-0.1, -0.05) is 17.7 Å². The Balaban J connectivity index is 2.39. The van der Waals surface area contributed by atoms with Gasteiger partial charge in [0.1, 0.15) is 6.54 Å². The zero-order valence-electron chi connectivity index (χ0n) is 10.7. The fourth-order valence-electron chi connectivity index (χ4n) is 2.12. The number of hydrogen-bond acceptors (Lipinski definition) is 3. The maximum absolute atomic E-state index is 12.5. The van der Waals surface area contributed by atoms with E-state index in [1.54, 1.807) is 12.1 Å². The number of aliphatic carboxylic acids is 1. The monoisotopic (exact) mass is 318 g/mol. The van der Waals surface area contributed by atoms with Crippen molar-refractivity contribution < 1.29 is 18.3 Å². The molecule has 1 saturated heterocycles. The van der Waals surface area contributed by atoms with Crippen LogP contribution in [0.25, 0.3) is 0 Å². The van der Waals surface area contributed by atoms with Gasteiger partial charge in [-0.3, -0.25) is 4.79 Å². The van der Waals surface area contributed by atoms with Gasteiger partial charge in [0.05, 0.1) is 5.69 Å². The molecule has 1 aromatic carbocycles. The van der Waals surface area contributed by atoms with Crippen molar-refractivity contribution in [2.75, 3.05) is 23.9 Å². The van der Waals surface area contributed by atoms with Gasteiger partial charge in [0.25, 0.3) is 0 Å². The smallest absolute Gasteiger partial charge is 0.324 e. The summed E-state index contributed by atoms with van der Waals surface area (Å²) in [6, 6.07) is 6.17. The Kier molecular flexibility index (Phi) is 4.52. The Morgan fingerprint density at radius 1 is 1.35 bits per heavy atom. The van der Waals surface area contributed by atoms with Crippen LogP contribution in [0.3, 0.4) is 0 Å². The van der Waals surface area contributed by atoms with Gasteiger partial charge in [0.15, 0.2) is 0 Å². The highest BCUT2D eigenvalue weighted by atomic mass is 35.5. The molecule has 0 bridgehead atoms. The Labute approximate surface area is 122 Å². The molecule has 1 aliphatic rings. The van der Waals surface area contributed by atoms with E-state index in [0.29, 0.717) is 18.1 Å². The Bertz CT molecular complexity index is 599. The van der Waals surface area contributed by atoms with Gasteiger partial charge in [-0.25, -0.2) is 4.31 Å². The molecule has 0 atom stereocenters. The highest BCUT2D eigenvalue weighted by Gasteiger charge is 2.33. The molecule has 1 N–H and O–H groups in total. The van der Waals surface area contributed by atoms with E-state index in [2.05, 4.69) is 0 Å². The lowest BCUT2D eigenvalue weighted by atomic mass is 10.3. The van der Waals surface area contributed by atoms with E-state index in [0.717, 1.165) is 17.1 Å². The summed E-state index contributed by atoms with van der Waals surface area (Å²) in [5.41, 5.74) is 0.256. The minimum Gasteiger partial charge on any atom is -0.480 e. The molecule has 1 fully saturated rings. The molecule has 1 aromatic rings. The first-order valence-electron chi connectivity index (χ1n) is 6.16. The maximum atomic E-state index is 12.5. The van der Waals surface area contributed by atoms with Crippen molar-refractivity contribution in [3.63, 3.8) is 0 Å². The van der Waals surface area contributed by atoms with Gasteiger partial charge in [-0.05, 0) is 31.0 Å². The van der Waals surface area contributed by atoms with E-state index >= 15 is 0 Å². The van der Waals surface area contributed by atoms with Crippen LogP contribution in [0.1, 0.15) is 12.8 Å². The molecule has 20 heavy (non-hydrogen) atoms. The molecule has 1 aliphatic heterocycles. The second-order valence-electron chi connectivity index (χ2n) is 4.49. The van der Waals surface area contributed by atoms with E-state index in [1.165, 1.54) is 16.4 Å². The number of anilines is 1. The summed E-state index contributed by atoms with van der Waals surface area (Å²) in [6.45, 7) is 0.206. The highest BCUT2D eigenvalue weighted by Crippen LogP contribution is 2.25. The molecule has 6 nitrogen and oxygen atoms in total. The summed E-state index contributed by atoms with van der Waals surface area (Å²) in [5.74, 6) is -1.22. The topological polar surface area (TPSA) is 77.9 Å². The van der Waals surface area contributed by atoms with Crippen LogP contribution in [0.2, 0.25) is 5.02 Å². The molecular formula is C12H15ClN2O4S. The standard InChI is InChI=1S/C12H15ClN2O4S/c13-10-4-3-5-11(8-10)15(9-12(16)17)20(18,19)14-6-1-2-7-14/h3-5,8H,1-2,6-7,9H2,(H,16,17). The Hall–Kier alpha value is -1.31. The molecule has 0 saturated carbocycles. The van der Waals surface area contributed by atoms with E-state index in [1.807, 2.05) is 0 Å². The first-order valence-corrected chi connectivity index (χ1v) is 7.94. The number of benzene rings is 1. The van der Waals surface area contributed by atoms with Crippen molar-refractivity contribution in [3.05, 3.63) is 29.3 Å². The summed E-state index contributed by atoms with van der Waals surface area (Å²) in [4.78, 5) is 11.0. The lowest BCUT2D eigenvalue weighted by molar-refractivity contribution is -0.135. The zero-order chi connectivity index (χ0) is 14.8. The molecule has 8 heteroatoms. The molecular weight excluding hydrogens is 304 g/mol. The van der Waals surface area contributed by atoms with Crippen LogP contribution in [-0.4, -0.2) is 43.4 Å². The number of carbonyl (C=O) groups is 1. The van der Waals surface area contributed by atoms with E-state index in [-0.39, 0.29) is 5.69 Å². The van der Waals surface area contributed by atoms with Gasteiger partial charge >= 0.3 is 16.2 Å². The second kappa shape index (κ2) is 5.99. The summed E-state index contributed by atoms with van der Waals surface area (Å²) >= 11 is 5.85.